The smallest absolute Gasteiger partial charge is 0.321 e. The number of carboxylic acid groups (broad SMARTS) is 1. The summed E-state index contributed by atoms with van der Waals surface area (Å²) in [6.07, 6.45) is 3.14. The van der Waals surface area contributed by atoms with E-state index in [2.05, 4.69) is 14.7 Å². The van der Waals surface area contributed by atoms with E-state index in [4.69, 9.17) is 5.11 Å². The number of carbonyl (C=O) groups is 1. The molecule has 3 N–H and O–H groups in total. The molecule has 0 aromatic carbocycles. The molecule has 7 nitrogen and oxygen atoms in total. The number of hydrogen-bond donors (Lipinski definition) is 3. The van der Waals surface area contributed by atoms with E-state index in [1.165, 1.54) is 6.33 Å². The quantitative estimate of drug-likeness (QED) is 0.652. The molecule has 0 amide bonds. The maximum Gasteiger partial charge on any atom is 0.321 e. The third-order valence-corrected chi connectivity index (χ3v) is 3.33. The van der Waals surface area contributed by atoms with Gasteiger partial charge in [-0.3, -0.25) is 4.79 Å². The highest BCUT2D eigenvalue weighted by molar-refractivity contribution is 7.89. The SMILES string of the molecule is CCCC(NS(=O)(=O)c1cnc[nH]1)C(=O)O. The van der Waals surface area contributed by atoms with Gasteiger partial charge in [-0.15, -0.1) is 0 Å². The molecule has 1 rings (SSSR count). The molecule has 0 aliphatic heterocycles. The molecule has 90 valence electrons. The van der Waals surface area contributed by atoms with Gasteiger partial charge in [-0.1, -0.05) is 13.3 Å². The van der Waals surface area contributed by atoms with Crippen LogP contribution in [0, 0.1) is 0 Å². The fourth-order valence-electron chi connectivity index (χ4n) is 1.16. The number of H-pyrrole nitrogens is 1. The minimum atomic E-state index is -3.83. The average Bonchev–Trinajstić information content (AvgIpc) is 2.69. The number of aromatic amines is 1. The predicted molar refractivity (Wildman–Crippen MR) is 55.2 cm³/mol. The molecule has 1 unspecified atom stereocenters. The van der Waals surface area contributed by atoms with Gasteiger partial charge in [0.25, 0.3) is 10.0 Å². The minimum Gasteiger partial charge on any atom is -0.480 e. The van der Waals surface area contributed by atoms with Crippen molar-refractivity contribution in [1.82, 2.24) is 14.7 Å². The lowest BCUT2D eigenvalue weighted by molar-refractivity contribution is -0.139. The van der Waals surface area contributed by atoms with Crippen molar-refractivity contribution in [3.05, 3.63) is 12.5 Å². The molecule has 0 saturated carbocycles. The lowest BCUT2D eigenvalue weighted by Crippen LogP contribution is -2.40. The molecule has 1 aromatic rings. The lowest BCUT2D eigenvalue weighted by Gasteiger charge is -2.12. The summed E-state index contributed by atoms with van der Waals surface area (Å²) in [7, 11) is -3.83. The average molecular weight is 247 g/mol. The first-order valence-corrected chi connectivity index (χ1v) is 6.19. The van der Waals surface area contributed by atoms with Crippen molar-refractivity contribution in [2.45, 2.75) is 30.8 Å². The van der Waals surface area contributed by atoms with E-state index in [0.29, 0.717) is 6.42 Å². The Hall–Kier alpha value is -1.41. The van der Waals surface area contributed by atoms with Gasteiger partial charge in [0.05, 0.1) is 12.5 Å². The molecule has 0 aliphatic rings. The number of sulfonamides is 1. The van der Waals surface area contributed by atoms with E-state index in [1.54, 1.807) is 6.92 Å². The molecular formula is C8H13N3O4S. The van der Waals surface area contributed by atoms with Crippen molar-refractivity contribution < 1.29 is 18.3 Å². The fourth-order valence-corrected chi connectivity index (χ4v) is 2.29. The maximum absolute atomic E-state index is 11.6. The topological polar surface area (TPSA) is 112 Å². The van der Waals surface area contributed by atoms with Crippen LogP contribution in [0.2, 0.25) is 0 Å². The molecular weight excluding hydrogens is 234 g/mol. The molecule has 0 radical (unpaired) electrons. The van der Waals surface area contributed by atoms with Crippen LogP contribution < -0.4 is 4.72 Å². The third-order valence-electron chi connectivity index (χ3n) is 1.94. The van der Waals surface area contributed by atoms with Crippen LogP contribution in [0.4, 0.5) is 0 Å². The standard InChI is InChI=1S/C8H13N3O4S/c1-2-3-6(8(12)13)11-16(14,15)7-4-9-5-10-7/h4-6,11H,2-3H2,1H3,(H,9,10)(H,12,13). The first kappa shape index (κ1) is 12.7. The second kappa shape index (κ2) is 5.08. The van der Waals surface area contributed by atoms with E-state index in [9.17, 15) is 13.2 Å². The molecule has 0 bridgehead atoms. The van der Waals surface area contributed by atoms with Crippen molar-refractivity contribution in [2.24, 2.45) is 0 Å². The fraction of sp³-hybridized carbons (Fsp3) is 0.500. The number of carboxylic acids is 1. The van der Waals surface area contributed by atoms with Crippen molar-refractivity contribution in [3.8, 4) is 0 Å². The van der Waals surface area contributed by atoms with Gasteiger partial charge in [-0.05, 0) is 6.42 Å². The number of nitrogens with zero attached hydrogens (tertiary/aromatic N) is 1. The van der Waals surface area contributed by atoms with Crippen LogP contribution in [0.3, 0.4) is 0 Å². The highest BCUT2D eigenvalue weighted by Crippen LogP contribution is 2.06. The third kappa shape index (κ3) is 3.04. The van der Waals surface area contributed by atoms with Gasteiger partial charge in [-0.25, -0.2) is 13.4 Å². The van der Waals surface area contributed by atoms with Gasteiger partial charge in [0.1, 0.15) is 6.04 Å². The molecule has 0 aliphatic carbocycles. The van der Waals surface area contributed by atoms with Crippen molar-refractivity contribution >= 4 is 16.0 Å². The summed E-state index contributed by atoms with van der Waals surface area (Å²) in [4.78, 5) is 16.8. The summed E-state index contributed by atoms with van der Waals surface area (Å²) in [6.45, 7) is 1.78. The van der Waals surface area contributed by atoms with Crippen molar-refractivity contribution in [3.63, 3.8) is 0 Å². The summed E-state index contributed by atoms with van der Waals surface area (Å²) in [5, 5.41) is 8.67. The summed E-state index contributed by atoms with van der Waals surface area (Å²) in [5.74, 6) is -1.19. The Morgan fingerprint density at radius 3 is 2.81 bits per heavy atom. The summed E-state index contributed by atoms with van der Waals surface area (Å²) >= 11 is 0. The number of aromatic nitrogens is 2. The zero-order valence-electron chi connectivity index (χ0n) is 8.67. The maximum atomic E-state index is 11.6. The first-order chi connectivity index (χ1) is 7.47. The van der Waals surface area contributed by atoms with Crippen LogP contribution in [0.1, 0.15) is 19.8 Å². The Morgan fingerprint density at radius 2 is 2.38 bits per heavy atom. The Kier molecular flexibility index (Phi) is 4.02. The first-order valence-electron chi connectivity index (χ1n) is 4.71. The van der Waals surface area contributed by atoms with Gasteiger partial charge >= 0.3 is 5.97 Å². The van der Waals surface area contributed by atoms with E-state index in [0.717, 1.165) is 6.20 Å². The Bertz CT molecular complexity index is 440. The van der Waals surface area contributed by atoms with E-state index >= 15 is 0 Å². The van der Waals surface area contributed by atoms with Gasteiger partial charge in [0.2, 0.25) is 0 Å². The lowest BCUT2D eigenvalue weighted by atomic mass is 10.2. The van der Waals surface area contributed by atoms with Gasteiger partial charge in [0, 0.05) is 0 Å². The Labute approximate surface area is 93.0 Å². The molecule has 0 saturated heterocycles. The van der Waals surface area contributed by atoms with Crippen molar-refractivity contribution in [2.75, 3.05) is 0 Å². The molecule has 1 aromatic heterocycles. The normalized spacial score (nSPS) is 13.6. The van der Waals surface area contributed by atoms with Gasteiger partial charge < -0.3 is 10.1 Å². The van der Waals surface area contributed by atoms with Crippen LogP contribution in [0.25, 0.3) is 0 Å². The molecule has 0 spiro atoms. The van der Waals surface area contributed by atoms with E-state index in [-0.39, 0.29) is 11.4 Å². The van der Waals surface area contributed by atoms with Crippen LogP contribution in [0.5, 0.6) is 0 Å². The molecule has 1 heterocycles. The highest BCUT2D eigenvalue weighted by atomic mass is 32.2. The van der Waals surface area contributed by atoms with Crippen LogP contribution in [-0.2, 0) is 14.8 Å². The van der Waals surface area contributed by atoms with Crippen LogP contribution in [-0.4, -0.2) is 35.5 Å². The minimum absolute atomic E-state index is 0.144. The number of rotatable bonds is 6. The Morgan fingerprint density at radius 1 is 1.69 bits per heavy atom. The molecule has 1 atom stereocenters. The second-order valence-electron chi connectivity index (χ2n) is 3.22. The second-order valence-corrected chi connectivity index (χ2v) is 4.90. The highest BCUT2D eigenvalue weighted by Gasteiger charge is 2.25. The van der Waals surface area contributed by atoms with Gasteiger partial charge in [0.15, 0.2) is 5.03 Å². The van der Waals surface area contributed by atoms with Crippen LogP contribution >= 0.6 is 0 Å². The summed E-state index contributed by atoms with van der Waals surface area (Å²) < 4.78 is 25.4. The number of nitrogens with one attached hydrogen (secondary N) is 2. The van der Waals surface area contributed by atoms with Crippen molar-refractivity contribution in [1.29, 1.82) is 0 Å². The Balaban J connectivity index is 2.82. The summed E-state index contributed by atoms with van der Waals surface area (Å²) in [6, 6.07) is -1.11. The molecule has 0 fully saturated rings. The molecule has 8 heteroatoms. The van der Waals surface area contributed by atoms with Crippen LogP contribution in [0.15, 0.2) is 17.6 Å². The van der Waals surface area contributed by atoms with Gasteiger partial charge in [-0.2, -0.15) is 4.72 Å². The monoisotopic (exact) mass is 247 g/mol. The number of hydrogen-bond acceptors (Lipinski definition) is 4. The predicted octanol–water partition coefficient (Wildman–Crippen LogP) is -0.0587. The number of imidazole rings is 1. The van der Waals surface area contributed by atoms with E-state index < -0.39 is 22.0 Å². The molecule has 16 heavy (non-hydrogen) atoms. The summed E-state index contributed by atoms with van der Waals surface area (Å²) in [5.41, 5.74) is 0. The number of aliphatic carboxylic acids is 1. The van der Waals surface area contributed by atoms with E-state index in [1.807, 2.05) is 0 Å². The zero-order valence-corrected chi connectivity index (χ0v) is 9.49. The zero-order chi connectivity index (χ0) is 12.2. The largest absolute Gasteiger partial charge is 0.480 e.